The molecule has 2 aromatic carbocycles. The quantitative estimate of drug-likeness (QED) is 0.908. The smallest absolute Gasteiger partial charge is 0.227 e. The highest BCUT2D eigenvalue weighted by Gasteiger charge is 2.27. The Morgan fingerprint density at radius 1 is 1.15 bits per heavy atom. The molecule has 27 heavy (non-hydrogen) atoms. The Balaban J connectivity index is 1.51. The fourth-order valence-corrected chi connectivity index (χ4v) is 3.41. The maximum Gasteiger partial charge on any atom is 0.227 e. The molecular formula is C22H23N3O2. The van der Waals surface area contributed by atoms with Crippen molar-refractivity contribution in [1.29, 1.82) is 5.26 Å². The van der Waals surface area contributed by atoms with Crippen molar-refractivity contribution in [2.75, 3.05) is 18.4 Å². The molecule has 0 radical (unpaired) electrons. The van der Waals surface area contributed by atoms with Crippen LogP contribution in [-0.4, -0.2) is 29.8 Å². The van der Waals surface area contributed by atoms with Gasteiger partial charge in [-0.05, 0) is 43.5 Å². The number of benzene rings is 2. The molecule has 2 amide bonds. The predicted molar refractivity (Wildman–Crippen MR) is 104 cm³/mol. The van der Waals surface area contributed by atoms with Gasteiger partial charge in [-0.25, -0.2) is 0 Å². The molecule has 1 N–H and O–H groups in total. The summed E-state index contributed by atoms with van der Waals surface area (Å²) in [6.45, 7) is 3.21. The summed E-state index contributed by atoms with van der Waals surface area (Å²) in [5.41, 5.74) is 3.33. The first-order valence-corrected chi connectivity index (χ1v) is 9.19. The number of rotatable bonds is 4. The van der Waals surface area contributed by atoms with Crippen LogP contribution in [0.2, 0.25) is 0 Å². The lowest BCUT2D eigenvalue weighted by Gasteiger charge is -2.31. The second-order valence-corrected chi connectivity index (χ2v) is 7.00. The molecule has 1 fully saturated rings. The number of nitrogens with zero attached hydrogens (tertiary/aromatic N) is 2. The second-order valence-electron chi connectivity index (χ2n) is 7.00. The van der Waals surface area contributed by atoms with Crippen LogP contribution in [-0.2, 0) is 16.0 Å². The monoisotopic (exact) mass is 361 g/mol. The van der Waals surface area contributed by atoms with E-state index in [0.29, 0.717) is 43.6 Å². The molecule has 2 aromatic rings. The first-order valence-electron chi connectivity index (χ1n) is 9.19. The minimum Gasteiger partial charge on any atom is -0.342 e. The van der Waals surface area contributed by atoms with E-state index < -0.39 is 0 Å². The van der Waals surface area contributed by atoms with Crippen molar-refractivity contribution < 1.29 is 9.59 Å². The predicted octanol–water partition coefficient (Wildman–Crippen LogP) is 3.29. The number of hydrogen-bond acceptors (Lipinski definition) is 3. The molecule has 0 atom stereocenters. The molecule has 0 aliphatic carbocycles. The SMILES string of the molecule is Cc1cccc(CC(=O)N2CCC(C(=O)Nc3cccc(C#N)c3)CC2)c1. The van der Waals surface area contributed by atoms with Crippen LogP contribution in [0.5, 0.6) is 0 Å². The Morgan fingerprint density at radius 3 is 2.59 bits per heavy atom. The molecule has 1 saturated heterocycles. The van der Waals surface area contributed by atoms with Gasteiger partial charge in [0.2, 0.25) is 11.8 Å². The number of carbonyl (C=O) groups excluding carboxylic acids is 2. The van der Waals surface area contributed by atoms with Crippen LogP contribution < -0.4 is 5.32 Å². The van der Waals surface area contributed by atoms with E-state index in [2.05, 4.69) is 11.4 Å². The molecule has 138 valence electrons. The third kappa shape index (κ3) is 4.95. The third-order valence-corrected chi connectivity index (χ3v) is 4.92. The number of hydrogen-bond donors (Lipinski definition) is 1. The molecule has 1 aliphatic heterocycles. The molecule has 0 bridgehead atoms. The normalized spacial score (nSPS) is 14.4. The highest BCUT2D eigenvalue weighted by molar-refractivity contribution is 5.93. The number of likely N-dealkylation sites (tertiary alicyclic amines) is 1. The van der Waals surface area contributed by atoms with E-state index in [1.54, 1.807) is 24.3 Å². The van der Waals surface area contributed by atoms with Crippen LogP contribution in [0.25, 0.3) is 0 Å². The van der Waals surface area contributed by atoms with Crippen molar-refractivity contribution in [3.63, 3.8) is 0 Å². The highest BCUT2D eigenvalue weighted by Crippen LogP contribution is 2.21. The lowest BCUT2D eigenvalue weighted by Crippen LogP contribution is -2.42. The Kier molecular flexibility index (Phi) is 5.87. The number of amides is 2. The molecule has 3 rings (SSSR count). The summed E-state index contributed by atoms with van der Waals surface area (Å²) in [5.74, 6) is -0.0455. The largest absolute Gasteiger partial charge is 0.342 e. The van der Waals surface area contributed by atoms with Gasteiger partial charge in [0.15, 0.2) is 0 Å². The zero-order valence-corrected chi connectivity index (χ0v) is 15.4. The summed E-state index contributed by atoms with van der Waals surface area (Å²) in [5, 5.41) is 11.8. The molecule has 0 spiro atoms. The van der Waals surface area contributed by atoms with E-state index in [-0.39, 0.29) is 17.7 Å². The Hall–Kier alpha value is -3.13. The van der Waals surface area contributed by atoms with Gasteiger partial charge >= 0.3 is 0 Å². The number of nitriles is 1. The summed E-state index contributed by atoms with van der Waals surface area (Å²) in [4.78, 5) is 26.8. The van der Waals surface area contributed by atoms with Crippen LogP contribution in [0.3, 0.4) is 0 Å². The van der Waals surface area contributed by atoms with Crippen LogP contribution in [0.1, 0.15) is 29.5 Å². The Labute approximate surface area is 159 Å². The number of nitrogens with one attached hydrogen (secondary N) is 1. The number of aryl methyl sites for hydroxylation is 1. The van der Waals surface area contributed by atoms with Gasteiger partial charge in [0, 0.05) is 24.7 Å². The lowest BCUT2D eigenvalue weighted by molar-refractivity contribution is -0.133. The molecule has 0 aromatic heterocycles. The van der Waals surface area contributed by atoms with E-state index >= 15 is 0 Å². The van der Waals surface area contributed by atoms with Crippen molar-refractivity contribution in [2.24, 2.45) is 5.92 Å². The molecule has 0 unspecified atom stereocenters. The second kappa shape index (κ2) is 8.50. The third-order valence-electron chi connectivity index (χ3n) is 4.92. The van der Waals surface area contributed by atoms with Crippen molar-refractivity contribution >= 4 is 17.5 Å². The maximum atomic E-state index is 12.5. The number of anilines is 1. The summed E-state index contributed by atoms with van der Waals surface area (Å²) < 4.78 is 0. The average Bonchev–Trinajstić information content (AvgIpc) is 2.68. The van der Waals surface area contributed by atoms with Crippen LogP contribution in [0, 0.1) is 24.2 Å². The molecule has 5 nitrogen and oxygen atoms in total. The van der Waals surface area contributed by atoms with Gasteiger partial charge in [0.25, 0.3) is 0 Å². The van der Waals surface area contributed by atoms with E-state index in [4.69, 9.17) is 5.26 Å². The molecule has 0 saturated carbocycles. The van der Waals surface area contributed by atoms with E-state index in [1.165, 1.54) is 0 Å². The summed E-state index contributed by atoms with van der Waals surface area (Å²) in [7, 11) is 0. The minimum atomic E-state index is -0.112. The highest BCUT2D eigenvalue weighted by atomic mass is 16.2. The number of carbonyl (C=O) groups is 2. The first-order chi connectivity index (χ1) is 13.0. The van der Waals surface area contributed by atoms with Crippen molar-refractivity contribution in [1.82, 2.24) is 4.90 Å². The van der Waals surface area contributed by atoms with Gasteiger partial charge in [-0.2, -0.15) is 5.26 Å². The fraction of sp³-hybridized carbons (Fsp3) is 0.318. The van der Waals surface area contributed by atoms with Gasteiger partial charge in [-0.1, -0.05) is 35.9 Å². The molecular weight excluding hydrogens is 338 g/mol. The summed E-state index contributed by atoms with van der Waals surface area (Å²) in [6, 6.07) is 17.0. The number of piperidine rings is 1. The van der Waals surface area contributed by atoms with Crippen LogP contribution >= 0.6 is 0 Å². The van der Waals surface area contributed by atoms with Gasteiger partial charge in [0.1, 0.15) is 0 Å². The van der Waals surface area contributed by atoms with Gasteiger partial charge in [-0.15, -0.1) is 0 Å². The zero-order valence-electron chi connectivity index (χ0n) is 15.4. The first kappa shape index (κ1) is 18.7. The van der Waals surface area contributed by atoms with Gasteiger partial charge in [0.05, 0.1) is 18.1 Å². The van der Waals surface area contributed by atoms with Crippen LogP contribution in [0.15, 0.2) is 48.5 Å². The summed E-state index contributed by atoms with van der Waals surface area (Å²) >= 11 is 0. The topological polar surface area (TPSA) is 73.2 Å². The van der Waals surface area contributed by atoms with E-state index in [0.717, 1.165) is 11.1 Å². The zero-order chi connectivity index (χ0) is 19.2. The molecule has 5 heteroatoms. The maximum absolute atomic E-state index is 12.5. The average molecular weight is 361 g/mol. The van der Waals surface area contributed by atoms with E-state index in [1.807, 2.05) is 36.1 Å². The Morgan fingerprint density at radius 2 is 1.89 bits per heavy atom. The van der Waals surface area contributed by atoms with Gasteiger partial charge in [-0.3, -0.25) is 9.59 Å². The van der Waals surface area contributed by atoms with Gasteiger partial charge < -0.3 is 10.2 Å². The van der Waals surface area contributed by atoms with Crippen molar-refractivity contribution in [3.8, 4) is 6.07 Å². The van der Waals surface area contributed by atoms with Crippen molar-refractivity contribution in [2.45, 2.75) is 26.2 Å². The Bertz CT molecular complexity index is 877. The lowest BCUT2D eigenvalue weighted by atomic mass is 9.95. The standard InChI is InChI=1S/C22H23N3O2/c1-16-4-2-5-17(12-16)14-21(26)25-10-8-19(9-11-25)22(27)24-20-7-3-6-18(13-20)15-23/h2-7,12-13,19H,8-11,14H2,1H3,(H,24,27). The minimum absolute atomic E-state index is 0.0455. The fourth-order valence-electron chi connectivity index (χ4n) is 3.41. The molecule has 1 heterocycles. The summed E-state index contributed by atoms with van der Waals surface area (Å²) in [6.07, 6.45) is 1.71. The van der Waals surface area contributed by atoms with Crippen molar-refractivity contribution in [3.05, 3.63) is 65.2 Å². The molecule has 1 aliphatic rings. The van der Waals surface area contributed by atoms with E-state index in [9.17, 15) is 9.59 Å². The van der Waals surface area contributed by atoms with Crippen LogP contribution in [0.4, 0.5) is 5.69 Å².